The lowest BCUT2D eigenvalue weighted by molar-refractivity contribution is 0.117. The maximum absolute atomic E-state index is 9.53. The number of nitrogens with zero attached hydrogens (tertiary/aromatic N) is 1. The van der Waals surface area contributed by atoms with Gasteiger partial charge in [-0.15, -0.1) is 0 Å². The van der Waals surface area contributed by atoms with E-state index >= 15 is 0 Å². The van der Waals surface area contributed by atoms with E-state index in [1.54, 1.807) is 0 Å². The van der Waals surface area contributed by atoms with Crippen molar-refractivity contribution >= 4 is 0 Å². The molecule has 0 aromatic carbocycles. The lowest BCUT2D eigenvalue weighted by atomic mass is 9.68. The molecule has 2 unspecified atom stereocenters. The fraction of sp³-hybridized carbons (Fsp3) is 1.00. The van der Waals surface area contributed by atoms with Crippen LogP contribution in [-0.4, -0.2) is 35.2 Å². The maximum atomic E-state index is 9.53. The molecule has 80 valence electrons. The zero-order chi connectivity index (χ0) is 9.60. The fourth-order valence-corrected chi connectivity index (χ4v) is 3.63. The van der Waals surface area contributed by atoms with Gasteiger partial charge in [0, 0.05) is 12.6 Å². The monoisotopic (exact) mass is 195 g/mol. The van der Waals surface area contributed by atoms with Crippen LogP contribution in [0.4, 0.5) is 0 Å². The summed E-state index contributed by atoms with van der Waals surface area (Å²) in [7, 11) is 0. The second kappa shape index (κ2) is 3.21. The van der Waals surface area contributed by atoms with Gasteiger partial charge in [-0.25, -0.2) is 0 Å². The van der Waals surface area contributed by atoms with Crippen LogP contribution in [0.15, 0.2) is 0 Å². The molecule has 3 aliphatic rings. The van der Waals surface area contributed by atoms with E-state index in [0.29, 0.717) is 6.04 Å². The lowest BCUT2D eigenvalue weighted by Gasteiger charge is -2.39. The molecular formula is C12H21NO. The quantitative estimate of drug-likeness (QED) is 0.689. The van der Waals surface area contributed by atoms with Crippen LogP contribution in [-0.2, 0) is 0 Å². The van der Waals surface area contributed by atoms with Crippen LogP contribution in [0.5, 0.6) is 0 Å². The molecule has 0 bridgehead atoms. The van der Waals surface area contributed by atoms with Crippen molar-refractivity contribution in [2.45, 2.75) is 57.1 Å². The van der Waals surface area contributed by atoms with Crippen LogP contribution in [0.25, 0.3) is 0 Å². The topological polar surface area (TPSA) is 23.5 Å². The van der Waals surface area contributed by atoms with Gasteiger partial charge in [0.2, 0.25) is 0 Å². The first-order valence-corrected chi connectivity index (χ1v) is 6.20. The van der Waals surface area contributed by atoms with Crippen LogP contribution >= 0.6 is 0 Å². The molecule has 3 fully saturated rings. The van der Waals surface area contributed by atoms with Crippen molar-refractivity contribution in [3.63, 3.8) is 0 Å². The van der Waals surface area contributed by atoms with Crippen LogP contribution in [0.2, 0.25) is 0 Å². The molecule has 2 nitrogen and oxygen atoms in total. The Bertz CT molecular complexity index is 224. The second-order valence-electron chi connectivity index (χ2n) is 5.69. The van der Waals surface area contributed by atoms with E-state index in [1.165, 1.54) is 45.2 Å². The molecule has 1 heterocycles. The van der Waals surface area contributed by atoms with Crippen molar-refractivity contribution in [3.8, 4) is 0 Å². The molecule has 2 atom stereocenters. The summed E-state index contributed by atoms with van der Waals surface area (Å²) in [4.78, 5) is 2.66. The molecule has 1 saturated heterocycles. The van der Waals surface area contributed by atoms with Crippen molar-refractivity contribution in [1.82, 2.24) is 4.90 Å². The summed E-state index contributed by atoms with van der Waals surface area (Å²) in [6.07, 6.45) is 9.14. The van der Waals surface area contributed by atoms with Gasteiger partial charge in [0.1, 0.15) is 0 Å². The van der Waals surface area contributed by atoms with Gasteiger partial charge < -0.3 is 5.11 Å². The minimum atomic E-state index is -0.00191. The molecule has 0 aromatic rings. The smallest absolute Gasteiger partial charge is 0.0555 e. The Morgan fingerprint density at radius 3 is 2.50 bits per heavy atom. The molecule has 1 aliphatic heterocycles. The van der Waals surface area contributed by atoms with E-state index in [4.69, 9.17) is 0 Å². The SMILES string of the molecule is OC1CCC(N2CCC3(CCC3)C2)C1. The molecule has 0 radical (unpaired) electrons. The highest BCUT2D eigenvalue weighted by Gasteiger charge is 2.45. The average molecular weight is 195 g/mol. The van der Waals surface area contributed by atoms with Gasteiger partial charge in [0.25, 0.3) is 0 Å². The summed E-state index contributed by atoms with van der Waals surface area (Å²) in [5.74, 6) is 0. The van der Waals surface area contributed by atoms with Gasteiger partial charge in [-0.2, -0.15) is 0 Å². The summed E-state index contributed by atoms with van der Waals surface area (Å²) in [5.41, 5.74) is 0.730. The minimum absolute atomic E-state index is 0.00191. The zero-order valence-electron chi connectivity index (χ0n) is 8.91. The first-order chi connectivity index (χ1) is 6.77. The molecule has 0 amide bonds. The Hall–Kier alpha value is -0.0800. The Morgan fingerprint density at radius 2 is 2.00 bits per heavy atom. The predicted molar refractivity (Wildman–Crippen MR) is 56.1 cm³/mol. The van der Waals surface area contributed by atoms with E-state index < -0.39 is 0 Å². The Balaban J connectivity index is 1.59. The first kappa shape index (κ1) is 9.17. The third kappa shape index (κ3) is 1.40. The van der Waals surface area contributed by atoms with Crippen LogP contribution in [0, 0.1) is 5.41 Å². The van der Waals surface area contributed by atoms with Gasteiger partial charge >= 0.3 is 0 Å². The fourth-order valence-electron chi connectivity index (χ4n) is 3.63. The molecule has 2 aliphatic carbocycles. The maximum Gasteiger partial charge on any atom is 0.0555 e. The van der Waals surface area contributed by atoms with Gasteiger partial charge in [0.05, 0.1) is 6.10 Å². The highest BCUT2D eigenvalue weighted by Crippen LogP contribution is 2.49. The Kier molecular flexibility index (Phi) is 2.10. The van der Waals surface area contributed by atoms with Crippen molar-refractivity contribution in [3.05, 3.63) is 0 Å². The molecule has 14 heavy (non-hydrogen) atoms. The Labute approximate surface area is 86.3 Å². The van der Waals surface area contributed by atoms with E-state index in [-0.39, 0.29) is 6.10 Å². The van der Waals surface area contributed by atoms with Crippen molar-refractivity contribution in [2.75, 3.05) is 13.1 Å². The highest BCUT2D eigenvalue weighted by atomic mass is 16.3. The standard InChI is InChI=1S/C12H21NO/c14-11-3-2-10(8-11)13-7-6-12(9-13)4-1-5-12/h10-11,14H,1-9H2. The molecule has 1 N–H and O–H groups in total. The number of aliphatic hydroxyl groups is 1. The van der Waals surface area contributed by atoms with Crippen LogP contribution in [0.3, 0.4) is 0 Å². The third-order valence-electron chi connectivity index (χ3n) is 4.78. The van der Waals surface area contributed by atoms with Gasteiger partial charge in [0.15, 0.2) is 0 Å². The van der Waals surface area contributed by atoms with Crippen molar-refractivity contribution in [2.24, 2.45) is 5.41 Å². The van der Waals surface area contributed by atoms with E-state index in [0.717, 1.165) is 18.3 Å². The number of aliphatic hydroxyl groups excluding tert-OH is 1. The Morgan fingerprint density at radius 1 is 1.14 bits per heavy atom. The summed E-state index contributed by atoms with van der Waals surface area (Å²) in [6.45, 7) is 2.64. The molecule has 2 saturated carbocycles. The molecule has 1 spiro atoms. The number of likely N-dealkylation sites (tertiary alicyclic amines) is 1. The third-order valence-corrected chi connectivity index (χ3v) is 4.78. The number of hydrogen-bond donors (Lipinski definition) is 1. The lowest BCUT2D eigenvalue weighted by Crippen LogP contribution is -2.37. The van der Waals surface area contributed by atoms with E-state index in [1.807, 2.05) is 0 Å². The minimum Gasteiger partial charge on any atom is -0.393 e. The first-order valence-electron chi connectivity index (χ1n) is 6.20. The van der Waals surface area contributed by atoms with Crippen molar-refractivity contribution < 1.29 is 5.11 Å². The molecule has 0 aromatic heterocycles. The highest BCUT2D eigenvalue weighted by molar-refractivity contribution is 4.98. The molecular weight excluding hydrogens is 174 g/mol. The van der Waals surface area contributed by atoms with Crippen LogP contribution in [0.1, 0.15) is 44.9 Å². The van der Waals surface area contributed by atoms with E-state index in [9.17, 15) is 5.11 Å². The normalized spacial score (nSPS) is 41.8. The zero-order valence-corrected chi connectivity index (χ0v) is 8.91. The summed E-state index contributed by atoms with van der Waals surface area (Å²) < 4.78 is 0. The van der Waals surface area contributed by atoms with Crippen LogP contribution < -0.4 is 0 Å². The number of hydrogen-bond acceptors (Lipinski definition) is 2. The van der Waals surface area contributed by atoms with E-state index in [2.05, 4.69) is 4.90 Å². The second-order valence-corrected chi connectivity index (χ2v) is 5.69. The summed E-state index contributed by atoms with van der Waals surface area (Å²) in [5, 5.41) is 9.53. The average Bonchev–Trinajstić information content (AvgIpc) is 2.67. The van der Waals surface area contributed by atoms with Crippen molar-refractivity contribution in [1.29, 1.82) is 0 Å². The van der Waals surface area contributed by atoms with Gasteiger partial charge in [-0.1, -0.05) is 6.42 Å². The largest absolute Gasteiger partial charge is 0.393 e. The number of rotatable bonds is 1. The van der Waals surface area contributed by atoms with Gasteiger partial charge in [-0.3, -0.25) is 4.90 Å². The summed E-state index contributed by atoms with van der Waals surface area (Å²) in [6, 6.07) is 0.713. The molecule has 2 heteroatoms. The summed E-state index contributed by atoms with van der Waals surface area (Å²) >= 11 is 0. The molecule has 3 rings (SSSR count). The van der Waals surface area contributed by atoms with Gasteiger partial charge in [-0.05, 0) is 50.5 Å². The predicted octanol–water partition coefficient (Wildman–Crippen LogP) is 1.78.